The van der Waals surface area contributed by atoms with Gasteiger partial charge in [0.05, 0.1) is 36.0 Å². The summed E-state index contributed by atoms with van der Waals surface area (Å²) in [5.41, 5.74) is 3.51. The number of hydrogen-bond acceptors (Lipinski definition) is 8. The summed E-state index contributed by atoms with van der Waals surface area (Å²) >= 11 is 1.46. The number of rotatable bonds is 3. The van der Waals surface area contributed by atoms with E-state index in [0.717, 1.165) is 27.9 Å². The van der Waals surface area contributed by atoms with Gasteiger partial charge >= 0.3 is 0 Å². The van der Waals surface area contributed by atoms with Crippen molar-refractivity contribution in [2.24, 2.45) is 0 Å². The molecule has 0 bridgehead atoms. The van der Waals surface area contributed by atoms with Gasteiger partial charge in [0.15, 0.2) is 5.82 Å². The molecule has 0 saturated heterocycles. The summed E-state index contributed by atoms with van der Waals surface area (Å²) in [6.45, 7) is 2.89. The summed E-state index contributed by atoms with van der Waals surface area (Å²) in [5, 5.41) is 7.49. The van der Waals surface area contributed by atoms with Crippen LogP contribution in [0.15, 0.2) is 35.0 Å². The Morgan fingerprint density at radius 3 is 2.89 bits per heavy atom. The minimum atomic E-state index is -0.338. The van der Waals surface area contributed by atoms with Gasteiger partial charge in [0.1, 0.15) is 10.7 Å². The van der Waals surface area contributed by atoms with Crippen LogP contribution in [0.25, 0.3) is 22.5 Å². The van der Waals surface area contributed by atoms with Crippen LogP contribution < -0.4 is 5.32 Å². The Balaban J connectivity index is 1.53. The second-order valence-corrected chi connectivity index (χ2v) is 7.46. The number of ether oxygens (including phenoxy) is 1. The highest BCUT2D eigenvalue weighted by Crippen LogP contribution is 2.42. The van der Waals surface area contributed by atoms with E-state index < -0.39 is 0 Å². The first-order chi connectivity index (χ1) is 13.7. The van der Waals surface area contributed by atoms with Gasteiger partial charge in [-0.15, -0.1) is 11.3 Å². The highest BCUT2D eigenvalue weighted by molar-refractivity contribution is 7.17. The van der Waals surface area contributed by atoms with Crippen LogP contribution in [-0.4, -0.2) is 32.6 Å². The molecule has 4 aromatic rings. The smallest absolute Gasteiger partial charge is 0.276 e. The first kappa shape index (κ1) is 17.0. The van der Waals surface area contributed by atoms with Crippen molar-refractivity contribution in [2.75, 3.05) is 11.9 Å². The number of anilines is 1. The van der Waals surface area contributed by atoms with Gasteiger partial charge in [-0.05, 0) is 31.0 Å². The number of fused-ring (bicyclic) bond motifs is 2. The fourth-order valence-electron chi connectivity index (χ4n) is 3.18. The van der Waals surface area contributed by atoms with E-state index in [9.17, 15) is 4.79 Å². The molecular weight excluding hydrogens is 378 g/mol. The third kappa shape index (κ3) is 2.94. The largest absolute Gasteiger partial charge is 0.376 e. The first-order valence-corrected chi connectivity index (χ1v) is 9.57. The molecule has 1 amide bonds. The fourth-order valence-corrected chi connectivity index (χ4v) is 4.35. The zero-order valence-corrected chi connectivity index (χ0v) is 15.7. The molecule has 0 fully saturated rings. The number of nitrogens with zero attached hydrogens (tertiary/aromatic N) is 4. The summed E-state index contributed by atoms with van der Waals surface area (Å²) in [7, 11) is 0. The molecule has 1 N–H and O–H groups in total. The van der Waals surface area contributed by atoms with Crippen molar-refractivity contribution in [1.82, 2.24) is 20.1 Å². The monoisotopic (exact) mass is 393 g/mol. The molecule has 0 unspecified atom stereocenters. The van der Waals surface area contributed by atoms with Gasteiger partial charge in [-0.3, -0.25) is 9.78 Å². The van der Waals surface area contributed by atoms with E-state index in [0.29, 0.717) is 35.4 Å². The van der Waals surface area contributed by atoms with Crippen molar-refractivity contribution >= 4 is 33.3 Å². The van der Waals surface area contributed by atoms with E-state index in [-0.39, 0.29) is 11.6 Å². The van der Waals surface area contributed by atoms with Gasteiger partial charge < -0.3 is 14.6 Å². The molecule has 5 rings (SSSR count). The summed E-state index contributed by atoms with van der Waals surface area (Å²) in [5.74, 6) is 0.603. The standard InChI is InChI=1S/C19H15N5O3S/c1-10-21-18(27-24-10)16-11-6-7-26-9-15(11)28-19(16)23-17(25)14-8-20-12-4-2-3-5-13(12)22-14/h2-5,8H,6-7,9H2,1H3,(H,23,25). The molecule has 28 heavy (non-hydrogen) atoms. The highest BCUT2D eigenvalue weighted by Gasteiger charge is 2.27. The first-order valence-electron chi connectivity index (χ1n) is 8.75. The van der Waals surface area contributed by atoms with Crippen LogP contribution in [0.3, 0.4) is 0 Å². The number of thiophene rings is 1. The predicted molar refractivity (Wildman–Crippen MR) is 103 cm³/mol. The number of nitrogens with one attached hydrogen (secondary N) is 1. The van der Waals surface area contributed by atoms with Gasteiger partial charge in [0.25, 0.3) is 11.8 Å². The number of aryl methyl sites for hydroxylation is 1. The van der Waals surface area contributed by atoms with E-state index in [1.165, 1.54) is 17.5 Å². The molecule has 0 radical (unpaired) electrons. The van der Waals surface area contributed by atoms with E-state index in [4.69, 9.17) is 9.26 Å². The fraction of sp³-hybridized carbons (Fsp3) is 0.211. The molecule has 1 aliphatic heterocycles. The molecule has 0 atom stereocenters. The normalized spacial score (nSPS) is 13.5. The summed E-state index contributed by atoms with van der Waals surface area (Å²) < 4.78 is 10.9. The lowest BCUT2D eigenvalue weighted by Crippen LogP contribution is -2.14. The molecule has 1 aromatic carbocycles. The molecular formula is C19H15N5O3S. The quantitative estimate of drug-likeness (QED) is 0.569. The van der Waals surface area contributed by atoms with E-state index in [2.05, 4.69) is 25.4 Å². The van der Waals surface area contributed by atoms with Crippen molar-refractivity contribution in [3.63, 3.8) is 0 Å². The van der Waals surface area contributed by atoms with Crippen molar-refractivity contribution in [3.8, 4) is 11.5 Å². The lowest BCUT2D eigenvalue weighted by molar-refractivity contribution is 0.102. The zero-order chi connectivity index (χ0) is 19.1. The number of hydrogen-bond donors (Lipinski definition) is 1. The Bertz CT molecular complexity index is 1200. The Morgan fingerprint density at radius 2 is 2.07 bits per heavy atom. The number of amides is 1. The molecule has 9 heteroatoms. The number of para-hydroxylation sites is 2. The van der Waals surface area contributed by atoms with Gasteiger partial charge in [0.2, 0.25) is 0 Å². The molecule has 0 aliphatic carbocycles. The molecule has 0 spiro atoms. The average molecular weight is 393 g/mol. The maximum Gasteiger partial charge on any atom is 0.276 e. The maximum absolute atomic E-state index is 12.9. The molecule has 8 nitrogen and oxygen atoms in total. The van der Waals surface area contributed by atoms with Crippen molar-refractivity contribution < 1.29 is 14.1 Å². The summed E-state index contributed by atoms with van der Waals surface area (Å²) in [6.07, 6.45) is 2.21. The minimum absolute atomic E-state index is 0.244. The second-order valence-electron chi connectivity index (χ2n) is 6.36. The van der Waals surface area contributed by atoms with Gasteiger partial charge in [-0.25, -0.2) is 4.98 Å². The Kier molecular flexibility index (Phi) is 4.10. The minimum Gasteiger partial charge on any atom is -0.376 e. The van der Waals surface area contributed by atoms with E-state index in [1.54, 1.807) is 6.92 Å². The lowest BCUT2D eigenvalue weighted by atomic mass is 10.1. The highest BCUT2D eigenvalue weighted by atomic mass is 32.1. The molecule has 0 saturated carbocycles. The molecule has 1 aliphatic rings. The van der Waals surface area contributed by atoms with Crippen LogP contribution in [0.2, 0.25) is 0 Å². The third-order valence-electron chi connectivity index (χ3n) is 4.47. The van der Waals surface area contributed by atoms with Crippen molar-refractivity contribution in [3.05, 3.63) is 52.4 Å². The number of benzene rings is 1. The second kappa shape index (κ2) is 6.77. The van der Waals surface area contributed by atoms with E-state index in [1.807, 2.05) is 24.3 Å². The van der Waals surface area contributed by atoms with E-state index >= 15 is 0 Å². The maximum atomic E-state index is 12.9. The topological polar surface area (TPSA) is 103 Å². The van der Waals surface area contributed by atoms with Crippen LogP contribution in [0.1, 0.15) is 26.8 Å². The van der Waals surface area contributed by atoms with Crippen molar-refractivity contribution in [2.45, 2.75) is 20.0 Å². The van der Waals surface area contributed by atoms with Gasteiger partial charge in [0, 0.05) is 4.88 Å². The Labute approximate surface area is 163 Å². The molecule has 3 aromatic heterocycles. The van der Waals surface area contributed by atoms with Crippen LogP contribution in [0.4, 0.5) is 5.00 Å². The van der Waals surface area contributed by atoms with Gasteiger partial charge in [-0.2, -0.15) is 4.98 Å². The lowest BCUT2D eigenvalue weighted by Gasteiger charge is -2.12. The number of carbonyl (C=O) groups excluding carboxylic acids is 1. The average Bonchev–Trinajstić information content (AvgIpc) is 3.30. The number of aromatic nitrogens is 4. The number of carbonyl (C=O) groups is 1. The molecule has 140 valence electrons. The summed E-state index contributed by atoms with van der Waals surface area (Å²) in [6, 6.07) is 7.43. The van der Waals surface area contributed by atoms with Gasteiger partial charge in [-0.1, -0.05) is 17.3 Å². The molecule has 4 heterocycles. The predicted octanol–water partition coefficient (Wildman–Crippen LogP) is 3.37. The van der Waals surface area contributed by atoms with Crippen LogP contribution in [0.5, 0.6) is 0 Å². The summed E-state index contributed by atoms with van der Waals surface area (Å²) in [4.78, 5) is 27.0. The van der Waals surface area contributed by atoms with Crippen molar-refractivity contribution in [1.29, 1.82) is 0 Å². The van der Waals surface area contributed by atoms with Crippen LogP contribution >= 0.6 is 11.3 Å². The van der Waals surface area contributed by atoms with Crippen LogP contribution in [-0.2, 0) is 17.8 Å². The van der Waals surface area contributed by atoms with Crippen LogP contribution in [0, 0.1) is 6.92 Å². The third-order valence-corrected chi connectivity index (χ3v) is 5.59. The Hall–Kier alpha value is -3.17. The zero-order valence-electron chi connectivity index (χ0n) is 14.9. The Morgan fingerprint density at radius 1 is 1.21 bits per heavy atom. The SMILES string of the molecule is Cc1noc(-c2c(NC(=O)c3cnc4ccccc4n3)sc3c2CCOC3)n1.